The van der Waals surface area contributed by atoms with Crippen molar-refractivity contribution in [3.63, 3.8) is 0 Å². The lowest BCUT2D eigenvalue weighted by atomic mass is 10.1. The predicted molar refractivity (Wildman–Crippen MR) is 37.2 cm³/mol. The molecule has 0 bridgehead atoms. The molecular formula is C6H12O6. The van der Waals surface area contributed by atoms with Crippen molar-refractivity contribution in [3.05, 3.63) is 0 Å². The molecule has 0 heterocycles. The lowest BCUT2D eigenvalue weighted by Crippen LogP contribution is -2.46. The molecule has 0 amide bonds. The van der Waals surface area contributed by atoms with Crippen LogP contribution in [0.25, 0.3) is 0 Å². The standard InChI is InChI=1S/C6H12O6/c7-1-3(9)5(11)6(12)4(10)2-8/h1,3-6,8-12H,2H2/t3-,4+,5+,6+/m0/s1/i4+1D. The van der Waals surface area contributed by atoms with Crippen molar-refractivity contribution in [1.29, 1.82) is 0 Å². The van der Waals surface area contributed by atoms with Crippen molar-refractivity contribution < 1.29 is 31.7 Å². The van der Waals surface area contributed by atoms with E-state index in [9.17, 15) is 4.79 Å². The molecular weight excluding hydrogens is 169 g/mol. The molecule has 0 unspecified atom stereocenters. The summed E-state index contributed by atoms with van der Waals surface area (Å²) in [5, 5.41) is 43.9. The topological polar surface area (TPSA) is 118 Å². The van der Waals surface area contributed by atoms with Gasteiger partial charge in [0.25, 0.3) is 0 Å². The van der Waals surface area contributed by atoms with Crippen LogP contribution in [0, 0.1) is 0 Å². The Morgan fingerprint density at radius 2 is 1.75 bits per heavy atom. The Bertz CT molecular complexity index is 173. The Kier molecular flexibility index (Phi) is 4.12. The second-order valence-corrected chi connectivity index (χ2v) is 2.21. The minimum atomic E-state index is -2.70. The van der Waals surface area contributed by atoms with Crippen LogP contribution < -0.4 is 0 Å². The van der Waals surface area contributed by atoms with E-state index in [0.29, 0.717) is 0 Å². The van der Waals surface area contributed by atoms with Crippen LogP contribution in [0.1, 0.15) is 1.37 Å². The molecule has 0 aliphatic heterocycles. The maximum absolute atomic E-state index is 9.94. The van der Waals surface area contributed by atoms with Gasteiger partial charge in [0.15, 0.2) is 6.29 Å². The first-order valence-electron chi connectivity index (χ1n) is 3.69. The average Bonchev–Trinajstić information content (AvgIpc) is 2.14. The third-order valence-electron chi connectivity index (χ3n) is 1.32. The van der Waals surface area contributed by atoms with Gasteiger partial charge < -0.3 is 30.3 Å². The SMILES string of the molecule is [2H][13C@@](O)(CO)[C@@H](O)[C@H](O)[C@@H](O)C=O. The van der Waals surface area contributed by atoms with Gasteiger partial charge >= 0.3 is 0 Å². The fraction of sp³-hybridized carbons (Fsp3) is 0.833. The first kappa shape index (κ1) is 9.56. The monoisotopic (exact) mass is 182 g/mol. The number of aliphatic hydroxyl groups is 5. The van der Waals surface area contributed by atoms with Crippen LogP contribution in [0.2, 0.25) is 0 Å². The highest BCUT2D eigenvalue weighted by Gasteiger charge is 2.29. The molecule has 0 saturated heterocycles. The second kappa shape index (κ2) is 5.18. The summed E-state index contributed by atoms with van der Waals surface area (Å²) in [6.45, 7) is -1.13. The molecule has 0 aromatic carbocycles. The third-order valence-corrected chi connectivity index (χ3v) is 1.32. The zero-order valence-corrected chi connectivity index (χ0v) is 6.16. The van der Waals surface area contributed by atoms with Crippen LogP contribution in [0.15, 0.2) is 0 Å². The van der Waals surface area contributed by atoms with Gasteiger partial charge in [0, 0.05) is 0 Å². The van der Waals surface area contributed by atoms with Gasteiger partial charge in [-0.25, -0.2) is 0 Å². The molecule has 0 aliphatic rings. The van der Waals surface area contributed by atoms with Crippen molar-refractivity contribution >= 4 is 6.29 Å². The average molecular weight is 182 g/mol. The lowest BCUT2D eigenvalue weighted by molar-refractivity contribution is -0.136. The van der Waals surface area contributed by atoms with E-state index >= 15 is 0 Å². The van der Waals surface area contributed by atoms with E-state index in [2.05, 4.69) is 0 Å². The van der Waals surface area contributed by atoms with E-state index in [4.69, 9.17) is 26.9 Å². The highest BCUT2D eigenvalue weighted by atomic mass is 16.4. The highest BCUT2D eigenvalue weighted by Crippen LogP contribution is 2.02. The zero-order valence-electron chi connectivity index (χ0n) is 7.16. The molecule has 6 nitrogen and oxygen atoms in total. The van der Waals surface area contributed by atoms with Crippen LogP contribution in [0.5, 0.6) is 0 Å². The minimum Gasteiger partial charge on any atom is -0.394 e. The molecule has 0 aliphatic carbocycles. The normalized spacial score (nSPS) is 24.9. The predicted octanol–water partition coefficient (Wildman–Crippen LogP) is -3.38. The van der Waals surface area contributed by atoms with Crippen LogP contribution in [-0.2, 0) is 4.79 Å². The first-order valence-corrected chi connectivity index (χ1v) is 3.19. The number of hydrogen-bond acceptors (Lipinski definition) is 6. The number of carbonyl (C=O) groups excluding carboxylic acids is 1. The lowest BCUT2D eigenvalue weighted by Gasteiger charge is -2.22. The Hall–Kier alpha value is -0.530. The second-order valence-electron chi connectivity index (χ2n) is 2.21. The number of carbonyl (C=O) groups is 1. The largest absolute Gasteiger partial charge is 0.394 e. The van der Waals surface area contributed by atoms with Gasteiger partial charge in [-0.05, 0) is 0 Å². The Labute approximate surface area is 70.1 Å². The summed E-state index contributed by atoms with van der Waals surface area (Å²) in [4.78, 5) is 9.94. The summed E-state index contributed by atoms with van der Waals surface area (Å²) in [6, 6.07) is 0. The number of aldehydes is 1. The van der Waals surface area contributed by atoms with Gasteiger partial charge in [-0.3, -0.25) is 0 Å². The summed E-state index contributed by atoms with van der Waals surface area (Å²) in [5.41, 5.74) is 0. The minimum absolute atomic E-state index is 0.0542. The highest BCUT2D eigenvalue weighted by molar-refractivity contribution is 5.56. The van der Waals surface area contributed by atoms with Gasteiger partial charge in [-0.15, -0.1) is 0 Å². The summed E-state index contributed by atoms with van der Waals surface area (Å²) < 4.78 is 6.85. The number of aliphatic hydroxyl groups excluding tert-OH is 4. The van der Waals surface area contributed by atoms with E-state index in [1.165, 1.54) is 0 Å². The molecule has 5 N–H and O–H groups in total. The van der Waals surface area contributed by atoms with Crippen LogP contribution in [0.4, 0.5) is 0 Å². The van der Waals surface area contributed by atoms with Gasteiger partial charge in [-0.2, -0.15) is 0 Å². The molecule has 4 atom stereocenters. The quantitative estimate of drug-likeness (QED) is 0.223. The zero-order chi connectivity index (χ0) is 10.6. The number of rotatable bonds is 5. The maximum Gasteiger partial charge on any atom is 0.151 e. The summed E-state index contributed by atoms with van der Waals surface area (Å²) in [5.74, 6) is 0. The Morgan fingerprint density at radius 1 is 1.25 bits per heavy atom. The van der Waals surface area contributed by atoms with Gasteiger partial charge in [0.05, 0.1) is 7.98 Å². The Balaban J connectivity index is 4.40. The molecule has 0 rings (SSSR count). The Morgan fingerprint density at radius 3 is 2.08 bits per heavy atom. The van der Waals surface area contributed by atoms with E-state index in [-0.39, 0.29) is 6.29 Å². The molecule has 0 spiro atoms. The van der Waals surface area contributed by atoms with Crippen molar-refractivity contribution in [2.45, 2.75) is 24.4 Å². The van der Waals surface area contributed by atoms with Crippen molar-refractivity contribution in [1.82, 2.24) is 0 Å². The first-order chi connectivity index (χ1) is 5.86. The van der Waals surface area contributed by atoms with E-state index in [0.717, 1.165) is 0 Å². The molecule has 0 fully saturated rings. The van der Waals surface area contributed by atoms with Crippen LogP contribution in [0.3, 0.4) is 0 Å². The van der Waals surface area contributed by atoms with Gasteiger partial charge in [0.2, 0.25) is 0 Å². The number of hydrogen-bond donors (Lipinski definition) is 5. The fourth-order valence-corrected chi connectivity index (χ4v) is 0.558. The molecule has 0 aromatic rings. The molecule has 6 heteroatoms. The fourth-order valence-electron chi connectivity index (χ4n) is 0.558. The molecule has 0 saturated carbocycles. The molecule has 72 valence electrons. The van der Waals surface area contributed by atoms with Crippen LogP contribution in [-0.4, -0.2) is 62.8 Å². The molecule has 0 aromatic heterocycles. The third kappa shape index (κ3) is 2.84. The summed E-state index contributed by atoms with van der Waals surface area (Å²) >= 11 is 0. The van der Waals surface area contributed by atoms with Crippen molar-refractivity contribution in [2.75, 3.05) is 6.61 Å². The van der Waals surface area contributed by atoms with Gasteiger partial charge in [0.1, 0.15) is 24.4 Å². The van der Waals surface area contributed by atoms with Crippen LogP contribution >= 0.6 is 0 Å². The summed E-state index contributed by atoms with van der Waals surface area (Å²) in [7, 11) is 0. The van der Waals surface area contributed by atoms with E-state index in [1.807, 2.05) is 0 Å². The van der Waals surface area contributed by atoms with Crippen molar-refractivity contribution in [2.24, 2.45) is 0 Å². The summed E-state index contributed by atoms with van der Waals surface area (Å²) in [6.07, 6.45) is -8.80. The van der Waals surface area contributed by atoms with E-state index < -0.39 is 31.0 Å². The van der Waals surface area contributed by atoms with Gasteiger partial charge in [-0.1, -0.05) is 0 Å². The molecule has 0 radical (unpaired) electrons. The van der Waals surface area contributed by atoms with E-state index in [1.54, 1.807) is 0 Å². The maximum atomic E-state index is 9.94. The smallest absolute Gasteiger partial charge is 0.151 e. The van der Waals surface area contributed by atoms with Crippen molar-refractivity contribution in [3.8, 4) is 0 Å². The molecule has 12 heavy (non-hydrogen) atoms.